The van der Waals surface area contributed by atoms with Gasteiger partial charge in [0.15, 0.2) is 12.4 Å². The first-order chi connectivity index (χ1) is 13.3. The molecule has 5 heteroatoms. The molecule has 0 radical (unpaired) electrons. The summed E-state index contributed by atoms with van der Waals surface area (Å²) < 4.78 is 10.7. The van der Waals surface area contributed by atoms with E-state index in [1.54, 1.807) is 12.1 Å². The zero-order chi connectivity index (χ0) is 18.5. The van der Waals surface area contributed by atoms with Crippen LogP contribution in [0.15, 0.2) is 89.7 Å². The van der Waals surface area contributed by atoms with Gasteiger partial charge in [-0.1, -0.05) is 54.6 Å². The number of carbonyl (C=O) groups excluding carboxylic acids is 1. The summed E-state index contributed by atoms with van der Waals surface area (Å²) in [4.78, 5) is 12.4. The van der Waals surface area contributed by atoms with Crippen molar-refractivity contribution in [2.45, 2.75) is 0 Å². The van der Waals surface area contributed by atoms with E-state index < -0.39 is 0 Å². The minimum atomic E-state index is -0.0735. The molecular weight excluding hydrogens is 340 g/mol. The number of Topliss-reactive ketones (excluding diaryl/α,β-unsaturated/α-hetero) is 1. The second kappa shape index (κ2) is 7.66. The predicted molar refractivity (Wildman–Crippen MR) is 101 cm³/mol. The molecule has 0 aliphatic carbocycles. The van der Waals surface area contributed by atoms with Crippen LogP contribution >= 0.6 is 0 Å². The predicted octanol–water partition coefficient (Wildman–Crippen LogP) is 4.67. The molecule has 0 saturated carbocycles. The Balaban J connectivity index is 1.38. The van der Waals surface area contributed by atoms with Crippen LogP contribution in [-0.2, 0) is 0 Å². The SMILES string of the molecule is O=C(COc1ccc(-c2nnco2)cc1)c1ccc(-c2ccccc2)cc1. The number of nitrogens with zero attached hydrogens (tertiary/aromatic N) is 2. The first-order valence-electron chi connectivity index (χ1n) is 8.48. The molecule has 0 bridgehead atoms. The average molecular weight is 356 g/mol. The average Bonchev–Trinajstić information content (AvgIpc) is 3.28. The monoisotopic (exact) mass is 356 g/mol. The number of hydrogen-bond donors (Lipinski definition) is 0. The maximum atomic E-state index is 12.4. The van der Waals surface area contributed by atoms with Crippen LogP contribution in [0.2, 0.25) is 0 Å². The van der Waals surface area contributed by atoms with E-state index in [9.17, 15) is 4.79 Å². The normalized spacial score (nSPS) is 10.5. The lowest BCUT2D eigenvalue weighted by molar-refractivity contribution is 0.0921. The zero-order valence-corrected chi connectivity index (χ0v) is 14.4. The molecule has 0 aliphatic heterocycles. The van der Waals surface area contributed by atoms with E-state index >= 15 is 0 Å². The molecule has 0 amide bonds. The first kappa shape index (κ1) is 16.7. The lowest BCUT2D eigenvalue weighted by Crippen LogP contribution is -2.11. The van der Waals surface area contributed by atoms with Crippen molar-refractivity contribution in [2.24, 2.45) is 0 Å². The molecular formula is C22H16N2O3. The molecule has 4 aromatic rings. The number of carbonyl (C=O) groups is 1. The second-order valence-corrected chi connectivity index (χ2v) is 5.92. The highest BCUT2D eigenvalue weighted by atomic mass is 16.5. The molecule has 0 saturated heterocycles. The standard InChI is InChI=1S/C22H16N2O3/c25-21(18-8-6-17(7-9-18)16-4-2-1-3-5-16)14-26-20-12-10-19(11-13-20)22-24-23-15-27-22/h1-13,15H,14H2. The van der Waals surface area contributed by atoms with Crippen molar-refractivity contribution in [3.63, 3.8) is 0 Å². The molecule has 0 spiro atoms. The van der Waals surface area contributed by atoms with E-state index in [2.05, 4.69) is 10.2 Å². The zero-order valence-electron chi connectivity index (χ0n) is 14.4. The largest absolute Gasteiger partial charge is 0.485 e. The molecule has 0 N–H and O–H groups in total. The Morgan fingerprint density at radius 2 is 1.48 bits per heavy atom. The fourth-order valence-electron chi connectivity index (χ4n) is 2.70. The summed E-state index contributed by atoms with van der Waals surface area (Å²) in [6.07, 6.45) is 1.28. The summed E-state index contributed by atoms with van der Waals surface area (Å²) in [7, 11) is 0. The van der Waals surface area contributed by atoms with Gasteiger partial charge in [0.1, 0.15) is 5.75 Å². The third-order valence-corrected chi connectivity index (χ3v) is 4.15. The molecule has 27 heavy (non-hydrogen) atoms. The summed E-state index contributed by atoms with van der Waals surface area (Å²) in [5.41, 5.74) is 3.61. The van der Waals surface area contributed by atoms with Gasteiger partial charge in [-0.2, -0.15) is 0 Å². The van der Waals surface area contributed by atoms with Crippen molar-refractivity contribution >= 4 is 5.78 Å². The molecule has 0 unspecified atom stereocenters. The van der Waals surface area contributed by atoms with Crippen LogP contribution in [0.5, 0.6) is 5.75 Å². The number of hydrogen-bond acceptors (Lipinski definition) is 5. The van der Waals surface area contributed by atoms with E-state index in [1.807, 2.05) is 66.7 Å². The minimum Gasteiger partial charge on any atom is -0.485 e. The Labute approximate surface area is 156 Å². The molecule has 0 fully saturated rings. The van der Waals surface area contributed by atoms with Crippen LogP contribution in [0.1, 0.15) is 10.4 Å². The molecule has 3 aromatic carbocycles. The maximum Gasteiger partial charge on any atom is 0.247 e. The molecule has 0 atom stereocenters. The highest BCUT2D eigenvalue weighted by Crippen LogP contribution is 2.21. The second-order valence-electron chi connectivity index (χ2n) is 5.92. The number of aromatic nitrogens is 2. The highest BCUT2D eigenvalue weighted by Gasteiger charge is 2.08. The van der Waals surface area contributed by atoms with Gasteiger partial charge >= 0.3 is 0 Å². The summed E-state index contributed by atoms with van der Waals surface area (Å²) in [6.45, 7) is -0.0232. The summed E-state index contributed by atoms with van der Waals surface area (Å²) >= 11 is 0. The molecule has 1 aromatic heterocycles. The van der Waals surface area contributed by atoms with Crippen LogP contribution in [0.3, 0.4) is 0 Å². The fourth-order valence-corrected chi connectivity index (χ4v) is 2.70. The molecule has 132 valence electrons. The van der Waals surface area contributed by atoms with Gasteiger partial charge in [0, 0.05) is 11.1 Å². The van der Waals surface area contributed by atoms with Crippen molar-refractivity contribution in [3.8, 4) is 28.3 Å². The van der Waals surface area contributed by atoms with E-state index in [0.29, 0.717) is 17.2 Å². The van der Waals surface area contributed by atoms with Gasteiger partial charge in [-0.3, -0.25) is 4.79 Å². The van der Waals surface area contributed by atoms with Gasteiger partial charge < -0.3 is 9.15 Å². The van der Waals surface area contributed by atoms with E-state index in [0.717, 1.165) is 16.7 Å². The Morgan fingerprint density at radius 1 is 0.815 bits per heavy atom. The Kier molecular flexibility index (Phi) is 4.74. The summed E-state index contributed by atoms with van der Waals surface area (Å²) in [5, 5.41) is 7.49. The third kappa shape index (κ3) is 3.93. The number of benzene rings is 3. The van der Waals surface area contributed by atoms with Crippen LogP contribution in [0.4, 0.5) is 0 Å². The first-order valence-corrected chi connectivity index (χ1v) is 8.48. The molecule has 5 nitrogen and oxygen atoms in total. The van der Waals surface area contributed by atoms with Gasteiger partial charge in [0.25, 0.3) is 0 Å². The van der Waals surface area contributed by atoms with Crippen LogP contribution in [-0.4, -0.2) is 22.6 Å². The van der Waals surface area contributed by atoms with Crippen molar-refractivity contribution in [2.75, 3.05) is 6.61 Å². The van der Waals surface area contributed by atoms with Crippen molar-refractivity contribution in [1.82, 2.24) is 10.2 Å². The van der Waals surface area contributed by atoms with Gasteiger partial charge in [0.2, 0.25) is 12.3 Å². The topological polar surface area (TPSA) is 65.2 Å². The highest BCUT2D eigenvalue weighted by molar-refractivity contribution is 5.97. The van der Waals surface area contributed by atoms with Gasteiger partial charge in [-0.15, -0.1) is 10.2 Å². The lowest BCUT2D eigenvalue weighted by atomic mass is 10.0. The number of ether oxygens (including phenoxy) is 1. The van der Waals surface area contributed by atoms with Gasteiger partial charge in [-0.25, -0.2) is 0 Å². The Bertz CT molecular complexity index is 1010. The van der Waals surface area contributed by atoms with Crippen LogP contribution < -0.4 is 4.74 Å². The summed E-state index contributed by atoms with van der Waals surface area (Å²) in [6, 6.07) is 24.7. The Hall–Kier alpha value is -3.73. The minimum absolute atomic E-state index is 0.0232. The van der Waals surface area contributed by atoms with Crippen molar-refractivity contribution in [3.05, 3.63) is 90.8 Å². The van der Waals surface area contributed by atoms with E-state index in [1.165, 1.54) is 6.39 Å². The summed E-state index contributed by atoms with van der Waals surface area (Å²) in [5.74, 6) is 0.972. The molecule has 4 rings (SSSR count). The van der Waals surface area contributed by atoms with E-state index in [4.69, 9.17) is 9.15 Å². The molecule has 0 aliphatic rings. The van der Waals surface area contributed by atoms with Gasteiger partial charge in [0.05, 0.1) is 0 Å². The van der Waals surface area contributed by atoms with Crippen LogP contribution in [0.25, 0.3) is 22.6 Å². The van der Waals surface area contributed by atoms with Gasteiger partial charge in [-0.05, 0) is 35.4 Å². The third-order valence-electron chi connectivity index (χ3n) is 4.15. The van der Waals surface area contributed by atoms with Crippen LogP contribution in [0, 0.1) is 0 Å². The van der Waals surface area contributed by atoms with E-state index in [-0.39, 0.29) is 12.4 Å². The van der Waals surface area contributed by atoms with Crippen molar-refractivity contribution < 1.29 is 13.9 Å². The Morgan fingerprint density at radius 3 is 2.15 bits per heavy atom. The molecule has 1 heterocycles. The number of rotatable bonds is 6. The van der Waals surface area contributed by atoms with Crippen molar-refractivity contribution in [1.29, 1.82) is 0 Å². The number of ketones is 1. The quantitative estimate of drug-likeness (QED) is 0.470. The fraction of sp³-hybridized carbons (Fsp3) is 0.0455. The smallest absolute Gasteiger partial charge is 0.247 e. The maximum absolute atomic E-state index is 12.4. The lowest BCUT2D eigenvalue weighted by Gasteiger charge is -2.07.